The van der Waals surface area contributed by atoms with E-state index < -0.39 is 0 Å². The zero-order valence-electron chi connectivity index (χ0n) is 19.3. The van der Waals surface area contributed by atoms with Crippen molar-refractivity contribution in [3.63, 3.8) is 0 Å². The van der Waals surface area contributed by atoms with Crippen LogP contribution in [-0.4, -0.2) is 59.3 Å². The summed E-state index contributed by atoms with van der Waals surface area (Å²) in [5.41, 5.74) is 4.18. The number of rotatable bonds is 7. The highest BCUT2D eigenvalue weighted by molar-refractivity contribution is 6.35. The average Bonchev–Trinajstić information content (AvgIpc) is 3.04. The van der Waals surface area contributed by atoms with Crippen LogP contribution in [0.4, 0.5) is 5.82 Å². The van der Waals surface area contributed by atoms with E-state index in [-0.39, 0.29) is 11.8 Å². The third-order valence-electron chi connectivity index (χ3n) is 6.35. The lowest BCUT2D eigenvalue weighted by molar-refractivity contribution is -0.137. The Hall–Kier alpha value is -3.15. The molecular weight excluding hydrogens is 400 g/mol. The number of piperazine rings is 1. The summed E-state index contributed by atoms with van der Waals surface area (Å²) in [5.74, 6) is 0.651. The molecule has 2 aromatic rings. The second-order valence-electron chi connectivity index (χ2n) is 8.67. The number of carbonyl (C=O) groups is 2. The topological polar surface area (TPSA) is 56.8 Å². The Balaban J connectivity index is 1.64. The molecule has 0 radical (unpaired) electrons. The van der Waals surface area contributed by atoms with Gasteiger partial charge in [-0.25, -0.2) is 4.98 Å². The first-order valence-electron chi connectivity index (χ1n) is 11.6. The second-order valence-corrected chi connectivity index (χ2v) is 8.67. The molecule has 0 bridgehead atoms. The Labute approximate surface area is 190 Å². The summed E-state index contributed by atoms with van der Waals surface area (Å²) in [6, 6.07) is 12.0. The smallest absolute Gasteiger partial charge is 0.277 e. The van der Waals surface area contributed by atoms with Crippen LogP contribution < -0.4 is 4.90 Å². The van der Waals surface area contributed by atoms with Crippen LogP contribution in [0.15, 0.2) is 48.3 Å². The van der Waals surface area contributed by atoms with Gasteiger partial charge in [-0.3, -0.25) is 14.5 Å². The zero-order valence-corrected chi connectivity index (χ0v) is 19.3. The second kappa shape index (κ2) is 9.55. The number of hydrogen-bond acceptors (Lipinski definition) is 5. The van der Waals surface area contributed by atoms with Crippen molar-refractivity contribution < 1.29 is 9.59 Å². The lowest BCUT2D eigenvalue weighted by Gasteiger charge is -2.37. The maximum absolute atomic E-state index is 13.5. The third kappa shape index (κ3) is 4.27. The third-order valence-corrected chi connectivity index (χ3v) is 6.35. The molecule has 6 heteroatoms. The summed E-state index contributed by atoms with van der Waals surface area (Å²) in [6.45, 7) is 9.56. The van der Waals surface area contributed by atoms with E-state index >= 15 is 0 Å². The monoisotopic (exact) mass is 432 g/mol. The molecule has 0 aliphatic carbocycles. The molecule has 1 fully saturated rings. The number of hydrogen-bond donors (Lipinski definition) is 0. The van der Waals surface area contributed by atoms with Crippen LogP contribution in [0.25, 0.3) is 5.57 Å². The first-order valence-corrected chi connectivity index (χ1v) is 11.6. The van der Waals surface area contributed by atoms with E-state index in [1.807, 2.05) is 44.2 Å². The molecule has 2 amide bonds. The van der Waals surface area contributed by atoms with Crippen molar-refractivity contribution >= 4 is 23.2 Å². The van der Waals surface area contributed by atoms with Gasteiger partial charge in [0.1, 0.15) is 11.5 Å². The molecule has 1 saturated heterocycles. The Kier molecular flexibility index (Phi) is 6.58. The van der Waals surface area contributed by atoms with E-state index in [1.54, 1.807) is 6.20 Å². The van der Waals surface area contributed by atoms with E-state index in [1.165, 1.54) is 4.90 Å². The molecule has 3 heterocycles. The molecule has 1 aromatic heterocycles. The van der Waals surface area contributed by atoms with Crippen LogP contribution in [-0.2, 0) is 9.59 Å². The number of pyridine rings is 1. The van der Waals surface area contributed by atoms with E-state index in [0.717, 1.165) is 54.9 Å². The minimum Gasteiger partial charge on any atom is -0.363 e. The molecular formula is C26H32N4O2. The van der Waals surface area contributed by atoms with Gasteiger partial charge in [-0.2, -0.15) is 0 Å². The fourth-order valence-electron chi connectivity index (χ4n) is 4.62. The molecule has 6 nitrogen and oxygen atoms in total. The van der Waals surface area contributed by atoms with Crippen molar-refractivity contribution in [3.8, 4) is 0 Å². The minimum atomic E-state index is -0.153. The quantitative estimate of drug-likeness (QED) is 0.492. The minimum absolute atomic E-state index is 0.146. The first kappa shape index (κ1) is 22.1. The van der Waals surface area contributed by atoms with Gasteiger partial charge in [0, 0.05) is 38.9 Å². The van der Waals surface area contributed by atoms with Crippen LogP contribution in [0.1, 0.15) is 42.9 Å². The fourth-order valence-corrected chi connectivity index (χ4v) is 4.62. The lowest BCUT2D eigenvalue weighted by atomic mass is 9.97. The number of aromatic nitrogens is 1. The Morgan fingerprint density at radius 1 is 0.906 bits per heavy atom. The van der Waals surface area contributed by atoms with Crippen LogP contribution in [0.3, 0.4) is 0 Å². The molecule has 1 aromatic carbocycles. The van der Waals surface area contributed by atoms with Gasteiger partial charge in [-0.05, 0) is 43.5 Å². The van der Waals surface area contributed by atoms with Crippen molar-refractivity contribution in [2.75, 3.05) is 37.6 Å². The molecule has 0 spiro atoms. The Morgan fingerprint density at radius 2 is 1.66 bits per heavy atom. The Bertz CT molecular complexity index is 1020. The van der Waals surface area contributed by atoms with Gasteiger partial charge in [-0.15, -0.1) is 0 Å². The summed E-state index contributed by atoms with van der Waals surface area (Å²) >= 11 is 0. The van der Waals surface area contributed by atoms with Crippen molar-refractivity contribution in [1.82, 2.24) is 14.8 Å². The van der Waals surface area contributed by atoms with Gasteiger partial charge in [-0.1, -0.05) is 49.6 Å². The van der Waals surface area contributed by atoms with E-state index in [9.17, 15) is 9.59 Å². The molecule has 0 unspecified atom stereocenters. The normalized spacial score (nSPS) is 17.0. The van der Waals surface area contributed by atoms with E-state index in [2.05, 4.69) is 27.8 Å². The molecule has 0 saturated carbocycles. The van der Waals surface area contributed by atoms with Crippen molar-refractivity contribution in [3.05, 3.63) is 65.0 Å². The maximum Gasteiger partial charge on any atom is 0.277 e. The van der Waals surface area contributed by atoms with Crippen LogP contribution in [0, 0.1) is 13.8 Å². The van der Waals surface area contributed by atoms with Gasteiger partial charge >= 0.3 is 0 Å². The molecule has 0 atom stereocenters. The number of imide groups is 1. The summed E-state index contributed by atoms with van der Waals surface area (Å²) in [5, 5.41) is 0. The highest BCUT2D eigenvalue weighted by Crippen LogP contribution is 2.34. The highest BCUT2D eigenvalue weighted by Gasteiger charge is 2.42. The number of amides is 2. The number of carbonyl (C=O) groups excluding carboxylic acids is 2. The van der Waals surface area contributed by atoms with E-state index in [0.29, 0.717) is 30.9 Å². The van der Waals surface area contributed by atoms with Crippen molar-refractivity contribution in [2.24, 2.45) is 0 Å². The number of benzene rings is 1. The van der Waals surface area contributed by atoms with Gasteiger partial charge in [0.15, 0.2) is 0 Å². The standard InChI is InChI=1S/C26H32N4O2/c1-4-5-8-13-30-25(31)23(21-11-10-19(2)18-20(21)3)24(26(30)32)29-16-14-28(15-17-29)22-9-6-7-12-27-22/h6-7,9-12,18H,4-5,8,13-17H2,1-3H3. The molecule has 0 N–H and O–H groups in total. The zero-order chi connectivity index (χ0) is 22.7. The van der Waals surface area contributed by atoms with Gasteiger partial charge in [0.2, 0.25) is 0 Å². The van der Waals surface area contributed by atoms with Crippen molar-refractivity contribution in [2.45, 2.75) is 40.0 Å². The van der Waals surface area contributed by atoms with Crippen LogP contribution in [0.5, 0.6) is 0 Å². The van der Waals surface area contributed by atoms with Gasteiger partial charge < -0.3 is 9.80 Å². The van der Waals surface area contributed by atoms with Crippen LogP contribution >= 0.6 is 0 Å². The lowest BCUT2D eigenvalue weighted by Crippen LogP contribution is -2.48. The van der Waals surface area contributed by atoms with Crippen molar-refractivity contribution in [1.29, 1.82) is 0 Å². The number of aryl methyl sites for hydroxylation is 2. The van der Waals surface area contributed by atoms with Gasteiger partial charge in [0.05, 0.1) is 5.57 Å². The van der Waals surface area contributed by atoms with E-state index in [4.69, 9.17) is 0 Å². The predicted molar refractivity (Wildman–Crippen MR) is 127 cm³/mol. The van der Waals surface area contributed by atoms with Crippen LogP contribution in [0.2, 0.25) is 0 Å². The predicted octanol–water partition coefficient (Wildman–Crippen LogP) is 3.79. The average molecular weight is 433 g/mol. The molecule has 32 heavy (non-hydrogen) atoms. The summed E-state index contributed by atoms with van der Waals surface area (Å²) < 4.78 is 0. The Morgan fingerprint density at radius 3 is 2.31 bits per heavy atom. The van der Waals surface area contributed by atoms with Gasteiger partial charge in [0.25, 0.3) is 11.8 Å². The molecule has 2 aliphatic heterocycles. The maximum atomic E-state index is 13.5. The highest BCUT2D eigenvalue weighted by atomic mass is 16.2. The summed E-state index contributed by atoms with van der Waals surface area (Å²) in [4.78, 5) is 37.2. The molecule has 168 valence electrons. The largest absolute Gasteiger partial charge is 0.363 e. The first-order chi connectivity index (χ1) is 15.5. The fraction of sp³-hybridized carbons (Fsp3) is 0.423. The number of nitrogens with zero attached hydrogens (tertiary/aromatic N) is 4. The molecule has 4 rings (SSSR count). The summed E-state index contributed by atoms with van der Waals surface area (Å²) in [6.07, 6.45) is 4.70. The number of unbranched alkanes of at least 4 members (excludes halogenated alkanes) is 2. The molecule has 2 aliphatic rings. The SMILES string of the molecule is CCCCCN1C(=O)C(c2ccc(C)cc2C)=C(N2CCN(c3ccccn3)CC2)C1=O. The number of anilines is 1. The summed E-state index contributed by atoms with van der Waals surface area (Å²) in [7, 11) is 0.